The highest BCUT2D eigenvalue weighted by Crippen LogP contribution is 2.29. The summed E-state index contributed by atoms with van der Waals surface area (Å²) in [5.74, 6) is 0.480. The van der Waals surface area contributed by atoms with E-state index in [2.05, 4.69) is 21.1 Å². The van der Waals surface area contributed by atoms with Crippen LogP contribution in [0.4, 0.5) is 4.39 Å². The lowest BCUT2D eigenvalue weighted by atomic mass is 10.1. The lowest BCUT2D eigenvalue weighted by Gasteiger charge is -2.14. The van der Waals surface area contributed by atoms with Crippen LogP contribution in [0.15, 0.2) is 36.2 Å². The Bertz CT molecular complexity index is 238. The number of nitrogens with two attached hydrogens (primary N) is 1. The summed E-state index contributed by atoms with van der Waals surface area (Å²) < 4.78 is 13.3. The fourth-order valence-electron chi connectivity index (χ4n) is 0.693. The number of hydrogen-bond donors (Lipinski definition) is 2. The second-order valence-corrected chi connectivity index (χ2v) is 3.86. The van der Waals surface area contributed by atoms with E-state index in [0.717, 1.165) is 0 Å². The van der Waals surface area contributed by atoms with E-state index in [9.17, 15) is 4.39 Å². The van der Waals surface area contributed by atoms with Crippen LogP contribution >= 0.6 is 9.24 Å². The van der Waals surface area contributed by atoms with Crippen LogP contribution in [0.25, 0.3) is 0 Å². The highest BCUT2D eigenvalue weighted by atomic mass is 31.0. The largest absolute Gasteiger partial charge is 0.386 e. The third-order valence-corrected chi connectivity index (χ3v) is 1.85. The van der Waals surface area contributed by atoms with Gasteiger partial charge in [-0.2, -0.15) is 0 Å². The van der Waals surface area contributed by atoms with Crippen molar-refractivity contribution in [1.82, 2.24) is 5.32 Å². The molecule has 0 rings (SSSR count). The van der Waals surface area contributed by atoms with Gasteiger partial charge in [0.2, 0.25) is 0 Å². The Morgan fingerprint density at radius 3 is 2.46 bits per heavy atom. The van der Waals surface area contributed by atoms with Crippen molar-refractivity contribution < 1.29 is 4.39 Å². The van der Waals surface area contributed by atoms with Gasteiger partial charge in [-0.3, -0.25) is 0 Å². The van der Waals surface area contributed by atoms with Crippen molar-refractivity contribution >= 4 is 9.24 Å². The molecule has 0 aromatic carbocycles. The van der Waals surface area contributed by atoms with E-state index in [0.29, 0.717) is 11.4 Å². The molecule has 0 amide bonds. The molecule has 0 aromatic rings. The van der Waals surface area contributed by atoms with Gasteiger partial charge in [-0.1, -0.05) is 28.0 Å². The molecule has 13 heavy (non-hydrogen) atoms. The number of allylic oxidation sites excluding steroid dienone is 4. The molecule has 2 nitrogen and oxygen atoms in total. The first kappa shape index (κ1) is 12.2. The first-order chi connectivity index (χ1) is 5.91. The van der Waals surface area contributed by atoms with E-state index >= 15 is 0 Å². The minimum Gasteiger partial charge on any atom is -0.386 e. The molecular formula is C9H16FN2P. The number of rotatable bonds is 4. The normalized spacial score (nSPS) is 17.8. The van der Waals surface area contributed by atoms with Crippen molar-refractivity contribution in [2.24, 2.45) is 5.73 Å². The third kappa shape index (κ3) is 4.69. The van der Waals surface area contributed by atoms with Crippen LogP contribution in [0.2, 0.25) is 0 Å². The van der Waals surface area contributed by atoms with Crippen LogP contribution in [0, 0.1) is 0 Å². The summed E-state index contributed by atoms with van der Waals surface area (Å²) in [6, 6.07) is 0. The van der Waals surface area contributed by atoms with Gasteiger partial charge in [-0.25, -0.2) is 4.39 Å². The maximum atomic E-state index is 13.3. The molecule has 0 aliphatic heterocycles. The van der Waals surface area contributed by atoms with Crippen molar-refractivity contribution in [2.75, 3.05) is 7.05 Å². The molecule has 3 N–H and O–H groups in total. The van der Waals surface area contributed by atoms with Crippen LogP contribution in [-0.4, -0.2) is 12.5 Å². The molecule has 2 unspecified atom stereocenters. The molecule has 0 aromatic heterocycles. The Kier molecular flexibility index (Phi) is 4.71. The second kappa shape index (κ2) is 5.03. The standard InChI is InChI=1S/C9H16FN2P/c1-4-7(9(2,10)13)5-6-8(11)12-3/h4-6,12H,1,11,13H2,2-3H3/b7-5+,8-6-. The fraction of sp³-hybridized carbons (Fsp3) is 0.333. The highest BCUT2D eigenvalue weighted by Gasteiger charge is 2.18. The van der Waals surface area contributed by atoms with Crippen LogP contribution in [0.1, 0.15) is 6.92 Å². The molecule has 0 bridgehead atoms. The van der Waals surface area contributed by atoms with Gasteiger partial charge in [-0.15, -0.1) is 0 Å². The zero-order valence-electron chi connectivity index (χ0n) is 7.97. The van der Waals surface area contributed by atoms with E-state index in [-0.39, 0.29) is 0 Å². The number of hydrogen-bond acceptors (Lipinski definition) is 2. The molecular weight excluding hydrogens is 186 g/mol. The van der Waals surface area contributed by atoms with E-state index in [1.54, 1.807) is 19.2 Å². The van der Waals surface area contributed by atoms with Gasteiger partial charge >= 0.3 is 0 Å². The monoisotopic (exact) mass is 202 g/mol. The van der Waals surface area contributed by atoms with Gasteiger partial charge in [0.05, 0.1) is 5.82 Å². The summed E-state index contributed by atoms with van der Waals surface area (Å²) in [7, 11) is 3.80. The smallest absolute Gasteiger partial charge is 0.145 e. The van der Waals surface area contributed by atoms with Gasteiger partial charge in [0.25, 0.3) is 0 Å². The lowest BCUT2D eigenvalue weighted by Crippen LogP contribution is -2.14. The second-order valence-electron chi connectivity index (χ2n) is 2.77. The molecule has 2 atom stereocenters. The Balaban J connectivity index is 4.69. The molecule has 0 spiro atoms. The van der Waals surface area contributed by atoms with Crippen molar-refractivity contribution in [3.8, 4) is 0 Å². The van der Waals surface area contributed by atoms with Crippen molar-refractivity contribution in [2.45, 2.75) is 12.3 Å². The minimum atomic E-state index is -1.47. The zero-order valence-corrected chi connectivity index (χ0v) is 9.13. The number of nitrogens with one attached hydrogen (secondary N) is 1. The Morgan fingerprint density at radius 1 is 1.62 bits per heavy atom. The van der Waals surface area contributed by atoms with Crippen molar-refractivity contribution in [1.29, 1.82) is 0 Å². The SMILES string of the molecule is C=C/C(=C\C=C(\N)NC)C(C)(F)P. The Hall–Kier alpha value is -0.820. The average Bonchev–Trinajstić information content (AvgIpc) is 2.02. The average molecular weight is 202 g/mol. The first-order valence-corrected chi connectivity index (χ1v) is 4.45. The highest BCUT2D eigenvalue weighted by molar-refractivity contribution is 7.19. The molecule has 4 heteroatoms. The molecule has 0 aliphatic rings. The predicted molar refractivity (Wildman–Crippen MR) is 58.8 cm³/mol. The van der Waals surface area contributed by atoms with Crippen molar-refractivity contribution in [3.05, 3.63) is 36.2 Å². The molecule has 0 fully saturated rings. The number of alkyl halides is 1. The predicted octanol–water partition coefficient (Wildman–Crippen LogP) is 1.68. The molecule has 0 saturated carbocycles. The molecule has 0 saturated heterocycles. The molecule has 0 aliphatic carbocycles. The van der Waals surface area contributed by atoms with E-state index < -0.39 is 5.41 Å². The zero-order chi connectivity index (χ0) is 10.5. The van der Waals surface area contributed by atoms with E-state index in [1.165, 1.54) is 13.0 Å². The maximum absolute atomic E-state index is 13.3. The molecule has 0 heterocycles. The van der Waals surface area contributed by atoms with Crippen molar-refractivity contribution in [3.63, 3.8) is 0 Å². The summed E-state index contributed by atoms with van der Waals surface area (Å²) in [6.07, 6.45) is 4.65. The topological polar surface area (TPSA) is 38.0 Å². The summed E-state index contributed by atoms with van der Waals surface area (Å²) in [5.41, 5.74) is 5.93. The van der Waals surface area contributed by atoms with E-state index in [1.807, 2.05) is 0 Å². The van der Waals surface area contributed by atoms with Gasteiger partial charge in [0.15, 0.2) is 0 Å². The Labute approximate surface area is 81.0 Å². The summed E-state index contributed by atoms with van der Waals surface area (Å²) in [5, 5.41) is 1.26. The maximum Gasteiger partial charge on any atom is 0.145 e. The fourth-order valence-corrected chi connectivity index (χ4v) is 0.908. The van der Waals surface area contributed by atoms with Crippen LogP contribution in [-0.2, 0) is 0 Å². The Morgan fingerprint density at radius 2 is 2.15 bits per heavy atom. The minimum absolute atomic E-state index is 0.468. The third-order valence-electron chi connectivity index (χ3n) is 1.52. The van der Waals surface area contributed by atoms with Gasteiger partial charge in [0, 0.05) is 7.05 Å². The van der Waals surface area contributed by atoms with E-state index in [4.69, 9.17) is 5.73 Å². The first-order valence-electron chi connectivity index (χ1n) is 3.87. The molecule has 0 radical (unpaired) electrons. The van der Waals surface area contributed by atoms with Gasteiger partial charge in [0.1, 0.15) is 5.41 Å². The van der Waals surface area contributed by atoms with Crippen LogP contribution < -0.4 is 11.1 Å². The number of halogens is 1. The quantitative estimate of drug-likeness (QED) is 0.537. The van der Waals surface area contributed by atoms with Crippen LogP contribution in [0.3, 0.4) is 0 Å². The van der Waals surface area contributed by atoms with Gasteiger partial charge < -0.3 is 11.1 Å². The molecule has 74 valence electrons. The lowest BCUT2D eigenvalue weighted by molar-refractivity contribution is 0.372. The van der Waals surface area contributed by atoms with Crippen LogP contribution in [0.5, 0.6) is 0 Å². The summed E-state index contributed by atoms with van der Waals surface area (Å²) in [4.78, 5) is 0. The summed E-state index contributed by atoms with van der Waals surface area (Å²) >= 11 is 0. The summed E-state index contributed by atoms with van der Waals surface area (Å²) in [6.45, 7) is 4.96. The van der Waals surface area contributed by atoms with Gasteiger partial charge in [-0.05, 0) is 18.6 Å².